The zero-order valence-corrected chi connectivity index (χ0v) is 17.1. The third-order valence-corrected chi connectivity index (χ3v) is 4.63. The maximum atomic E-state index is 12.8. The van der Waals surface area contributed by atoms with Crippen molar-refractivity contribution in [2.24, 2.45) is 0 Å². The maximum absolute atomic E-state index is 12.8. The monoisotopic (exact) mass is 387 g/mol. The largest absolute Gasteiger partial charge is 0.322 e. The molecule has 0 aliphatic rings. The van der Waals surface area contributed by atoms with E-state index in [4.69, 9.17) is 0 Å². The highest BCUT2D eigenvalue weighted by Crippen LogP contribution is 2.29. The van der Waals surface area contributed by atoms with Crippen molar-refractivity contribution in [3.63, 3.8) is 0 Å². The Kier molecular flexibility index (Phi) is 5.78. The fraction of sp³-hybridized carbons (Fsp3) is 0.208. The van der Waals surface area contributed by atoms with Crippen LogP contribution in [0.2, 0.25) is 0 Å². The molecule has 0 saturated heterocycles. The highest BCUT2D eigenvalue weighted by molar-refractivity contribution is 6.08. The molecule has 5 heteroatoms. The number of aryl methyl sites for hydroxylation is 1. The smallest absolute Gasteiger partial charge is 0.274 e. The van der Waals surface area contributed by atoms with E-state index in [0.717, 1.165) is 16.8 Å². The number of hydrogen-bond donors (Lipinski definition) is 2. The fourth-order valence-electron chi connectivity index (χ4n) is 3.04. The van der Waals surface area contributed by atoms with Crippen LogP contribution in [0.15, 0.2) is 66.9 Å². The number of anilines is 2. The van der Waals surface area contributed by atoms with E-state index in [-0.39, 0.29) is 22.9 Å². The predicted molar refractivity (Wildman–Crippen MR) is 116 cm³/mol. The highest BCUT2D eigenvalue weighted by Gasteiger charge is 2.19. The van der Waals surface area contributed by atoms with Gasteiger partial charge >= 0.3 is 0 Å². The molecule has 2 N–H and O–H groups in total. The molecule has 0 saturated carbocycles. The summed E-state index contributed by atoms with van der Waals surface area (Å²) in [4.78, 5) is 29.5. The van der Waals surface area contributed by atoms with Crippen molar-refractivity contribution in [1.82, 2.24) is 4.98 Å². The van der Waals surface area contributed by atoms with Gasteiger partial charge in [-0.1, -0.05) is 57.2 Å². The van der Waals surface area contributed by atoms with Crippen LogP contribution in [0.5, 0.6) is 0 Å². The summed E-state index contributed by atoms with van der Waals surface area (Å²) in [6.45, 7) is 8.20. The van der Waals surface area contributed by atoms with Crippen molar-refractivity contribution in [3.05, 3.63) is 89.2 Å². The second-order valence-corrected chi connectivity index (χ2v) is 7.95. The predicted octanol–water partition coefficient (Wildman–Crippen LogP) is 5.19. The number of rotatable bonds is 4. The SMILES string of the molecule is Cc1ccccc1NC(=O)c1cc(C(=O)Nc2ccccc2C(C)(C)C)ccn1. The third kappa shape index (κ3) is 4.88. The zero-order valence-electron chi connectivity index (χ0n) is 17.1. The lowest BCUT2D eigenvalue weighted by atomic mass is 9.86. The molecule has 29 heavy (non-hydrogen) atoms. The average molecular weight is 387 g/mol. The van der Waals surface area contributed by atoms with Crippen LogP contribution in [0.4, 0.5) is 11.4 Å². The van der Waals surface area contributed by atoms with Gasteiger partial charge in [-0.2, -0.15) is 0 Å². The topological polar surface area (TPSA) is 71.1 Å². The van der Waals surface area contributed by atoms with Crippen LogP contribution in [0.3, 0.4) is 0 Å². The van der Waals surface area contributed by atoms with Crippen LogP contribution in [-0.2, 0) is 5.41 Å². The Labute approximate surface area is 171 Å². The number of pyridine rings is 1. The molecule has 0 atom stereocenters. The van der Waals surface area contributed by atoms with E-state index in [9.17, 15) is 9.59 Å². The van der Waals surface area contributed by atoms with Gasteiger partial charge in [-0.05, 0) is 47.7 Å². The molecule has 148 valence electrons. The lowest BCUT2D eigenvalue weighted by Gasteiger charge is -2.23. The lowest BCUT2D eigenvalue weighted by Crippen LogP contribution is -2.20. The second-order valence-electron chi connectivity index (χ2n) is 7.95. The molecule has 0 aliphatic heterocycles. The van der Waals surface area contributed by atoms with Gasteiger partial charge in [0.1, 0.15) is 5.69 Å². The minimum absolute atomic E-state index is 0.110. The molecule has 0 bridgehead atoms. The van der Waals surface area contributed by atoms with E-state index >= 15 is 0 Å². The average Bonchev–Trinajstić information content (AvgIpc) is 2.69. The number of nitrogens with one attached hydrogen (secondary N) is 2. The van der Waals surface area contributed by atoms with Crippen molar-refractivity contribution in [2.45, 2.75) is 33.1 Å². The Bertz CT molecular complexity index is 1050. The maximum Gasteiger partial charge on any atom is 0.274 e. The molecular weight excluding hydrogens is 362 g/mol. The van der Waals surface area contributed by atoms with Crippen molar-refractivity contribution < 1.29 is 9.59 Å². The molecule has 3 rings (SSSR count). The van der Waals surface area contributed by atoms with Gasteiger partial charge in [-0.25, -0.2) is 0 Å². The second kappa shape index (κ2) is 8.27. The first kappa shape index (κ1) is 20.3. The minimum atomic E-state index is -0.357. The number of para-hydroxylation sites is 2. The first-order valence-electron chi connectivity index (χ1n) is 9.49. The Balaban J connectivity index is 1.80. The summed E-state index contributed by atoms with van der Waals surface area (Å²) in [6.07, 6.45) is 1.47. The van der Waals surface area contributed by atoms with E-state index in [1.54, 1.807) is 6.07 Å². The van der Waals surface area contributed by atoms with Crippen LogP contribution < -0.4 is 10.6 Å². The van der Waals surface area contributed by atoms with Gasteiger partial charge in [-0.3, -0.25) is 14.6 Å². The third-order valence-electron chi connectivity index (χ3n) is 4.63. The van der Waals surface area contributed by atoms with Crippen LogP contribution in [-0.4, -0.2) is 16.8 Å². The van der Waals surface area contributed by atoms with Crippen molar-refractivity contribution >= 4 is 23.2 Å². The molecule has 3 aromatic rings. The van der Waals surface area contributed by atoms with Gasteiger partial charge in [0, 0.05) is 23.1 Å². The zero-order chi connectivity index (χ0) is 21.0. The molecule has 2 aromatic carbocycles. The Hall–Kier alpha value is -3.47. The molecule has 1 aromatic heterocycles. The number of carbonyl (C=O) groups is 2. The fourth-order valence-corrected chi connectivity index (χ4v) is 3.04. The summed E-state index contributed by atoms with van der Waals surface area (Å²) in [5.74, 6) is -0.641. The molecule has 5 nitrogen and oxygen atoms in total. The van der Waals surface area contributed by atoms with E-state index < -0.39 is 0 Å². The van der Waals surface area contributed by atoms with E-state index in [0.29, 0.717) is 11.3 Å². The molecule has 2 amide bonds. The summed E-state index contributed by atoms with van der Waals surface area (Å²) in [6, 6.07) is 18.3. The Morgan fingerprint density at radius 3 is 2.14 bits per heavy atom. The minimum Gasteiger partial charge on any atom is -0.322 e. The van der Waals surface area contributed by atoms with Crippen LogP contribution in [0.1, 0.15) is 52.7 Å². The Morgan fingerprint density at radius 1 is 0.828 bits per heavy atom. The number of amides is 2. The standard InChI is InChI=1S/C24H25N3O2/c1-16-9-5-7-11-19(16)26-23(29)21-15-17(13-14-25-21)22(28)27-20-12-8-6-10-18(20)24(2,3)4/h5-15H,1-4H3,(H,26,29)(H,27,28). The van der Waals surface area contributed by atoms with Crippen LogP contribution in [0.25, 0.3) is 0 Å². The molecular formula is C24H25N3O2. The summed E-state index contributed by atoms with van der Waals surface area (Å²) in [5.41, 5.74) is 3.92. The number of carbonyl (C=O) groups excluding carboxylic acids is 2. The summed E-state index contributed by atoms with van der Waals surface area (Å²) >= 11 is 0. The first-order valence-corrected chi connectivity index (χ1v) is 9.49. The number of benzene rings is 2. The number of nitrogens with zero attached hydrogens (tertiary/aromatic N) is 1. The van der Waals surface area contributed by atoms with Crippen LogP contribution in [0, 0.1) is 6.92 Å². The van der Waals surface area contributed by atoms with E-state index in [2.05, 4.69) is 36.4 Å². The normalized spacial score (nSPS) is 11.0. The number of hydrogen-bond acceptors (Lipinski definition) is 3. The van der Waals surface area contributed by atoms with Gasteiger partial charge in [0.2, 0.25) is 0 Å². The Morgan fingerprint density at radius 2 is 1.45 bits per heavy atom. The molecule has 0 aliphatic carbocycles. The van der Waals surface area contributed by atoms with E-state index in [1.165, 1.54) is 12.3 Å². The first-order chi connectivity index (χ1) is 13.8. The summed E-state index contributed by atoms with van der Waals surface area (Å²) in [7, 11) is 0. The van der Waals surface area contributed by atoms with Crippen LogP contribution >= 0.6 is 0 Å². The molecule has 1 heterocycles. The van der Waals surface area contributed by atoms with Gasteiger partial charge in [0.25, 0.3) is 11.8 Å². The van der Waals surface area contributed by atoms with Gasteiger partial charge < -0.3 is 10.6 Å². The van der Waals surface area contributed by atoms with Gasteiger partial charge in [0.15, 0.2) is 0 Å². The summed E-state index contributed by atoms with van der Waals surface area (Å²) in [5, 5.41) is 5.80. The molecule has 0 unspecified atom stereocenters. The summed E-state index contributed by atoms with van der Waals surface area (Å²) < 4.78 is 0. The van der Waals surface area contributed by atoms with Crippen molar-refractivity contribution in [3.8, 4) is 0 Å². The van der Waals surface area contributed by atoms with E-state index in [1.807, 2.05) is 55.5 Å². The number of aromatic nitrogens is 1. The van der Waals surface area contributed by atoms with Gasteiger partial charge in [0.05, 0.1) is 0 Å². The quantitative estimate of drug-likeness (QED) is 0.647. The van der Waals surface area contributed by atoms with Gasteiger partial charge in [-0.15, -0.1) is 0 Å². The molecule has 0 spiro atoms. The molecule has 0 radical (unpaired) electrons. The highest BCUT2D eigenvalue weighted by atomic mass is 16.2. The molecule has 0 fully saturated rings. The lowest BCUT2D eigenvalue weighted by molar-refractivity contribution is 0.102. The van der Waals surface area contributed by atoms with Crippen molar-refractivity contribution in [2.75, 3.05) is 10.6 Å². The van der Waals surface area contributed by atoms with Crippen molar-refractivity contribution in [1.29, 1.82) is 0 Å².